The summed E-state index contributed by atoms with van der Waals surface area (Å²) >= 11 is 5.71. The Morgan fingerprint density at radius 3 is 2.17 bits per heavy atom. The number of hydrogen-bond acceptors (Lipinski definition) is 1. The molecule has 72 valence electrons. The normalized spacial score (nSPS) is 13.2. The van der Waals surface area contributed by atoms with Gasteiger partial charge in [0.25, 0.3) is 0 Å². The Morgan fingerprint density at radius 1 is 1.42 bits per heavy atom. The molecule has 2 nitrogen and oxygen atoms in total. The van der Waals surface area contributed by atoms with Gasteiger partial charge in [-0.1, -0.05) is 6.92 Å². The molecule has 0 aromatic rings. The van der Waals surface area contributed by atoms with Crippen LogP contribution in [0, 0.1) is 0 Å². The van der Waals surface area contributed by atoms with Gasteiger partial charge in [0.1, 0.15) is 5.38 Å². The predicted molar refractivity (Wildman–Crippen MR) is 52.5 cm³/mol. The van der Waals surface area contributed by atoms with Gasteiger partial charge in [-0.25, -0.2) is 0 Å². The van der Waals surface area contributed by atoms with E-state index in [9.17, 15) is 4.79 Å². The van der Waals surface area contributed by atoms with Crippen LogP contribution in [0.15, 0.2) is 0 Å². The minimum atomic E-state index is -0.404. The van der Waals surface area contributed by atoms with Gasteiger partial charge in [-0.15, -0.1) is 11.6 Å². The van der Waals surface area contributed by atoms with Gasteiger partial charge in [-0.05, 0) is 27.2 Å². The molecule has 3 heteroatoms. The Balaban J connectivity index is 4.19. The first-order chi connectivity index (χ1) is 5.50. The molecule has 0 aliphatic heterocycles. The number of nitrogens with zero attached hydrogens (tertiary/aromatic N) is 1. The zero-order valence-corrected chi connectivity index (χ0v) is 9.06. The molecule has 0 radical (unpaired) electrons. The molecule has 0 spiro atoms. The van der Waals surface area contributed by atoms with Crippen LogP contribution < -0.4 is 0 Å². The smallest absolute Gasteiger partial charge is 0.240 e. The van der Waals surface area contributed by atoms with Crippen molar-refractivity contribution in [2.45, 2.75) is 45.5 Å². The predicted octanol–water partition coefficient (Wildman–Crippen LogP) is 2.26. The molecule has 12 heavy (non-hydrogen) atoms. The lowest BCUT2D eigenvalue weighted by atomic mass is 10.2. The van der Waals surface area contributed by atoms with E-state index >= 15 is 0 Å². The maximum Gasteiger partial charge on any atom is 0.240 e. The van der Waals surface area contributed by atoms with E-state index in [2.05, 4.69) is 6.92 Å². The number of hydrogen-bond donors (Lipinski definition) is 0. The first kappa shape index (κ1) is 11.8. The van der Waals surface area contributed by atoms with Crippen molar-refractivity contribution in [1.29, 1.82) is 0 Å². The summed E-state index contributed by atoms with van der Waals surface area (Å²) in [5, 5.41) is -0.404. The summed E-state index contributed by atoms with van der Waals surface area (Å²) in [6.07, 6.45) is 0.980. The van der Waals surface area contributed by atoms with Crippen LogP contribution in [-0.2, 0) is 4.79 Å². The zero-order valence-electron chi connectivity index (χ0n) is 8.30. The van der Waals surface area contributed by atoms with Gasteiger partial charge in [0.05, 0.1) is 0 Å². The Hall–Kier alpha value is -0.240. The highest BCUT2D eigenvalue weighted by atomic mass is 35.5. The summed E-state index contributed by atoms with van der Waals surface area (Å²) in [6, 6.07) is 0.249. The highest BCUT2D eigenvalue weighted by molar-refractivity contribution is 6.30. The van der Waals surface area contributed by atoms with E-state index in [-0.39, 0.29) is 11.9 Å². The molecular weight excluding hydrogens is 174 g/mol. The van der Waals surface area contributed by atoms with Gasteiger partial charge < -0.3 is 4.90 Å². The van der Waals surface area contributed by atoms with Crippen LogP contribution in [0.25, 0.3) is 0 Å². The van der Waals surface area contributed by atoms with Crippen LogP contribution in [0.3, 0.4) is 0 Å². The van der Waals surface area contributed by atoms with Crippen LogP contribution in [0.5, 0.6) is 0 Å². The highest BCUT2D eigenvalue weighted by Gasteiger charge is 2.19. The molecule has 1 amide bonds. The fourth-order valence-electron chi connectivity index (χ4n) is 1.09. The molecule has 0 aliphatic rings. The van der Waals surface area contributed by atoms with E-state index in [1.807, 2.05) is 18.7 Å². The van der Waals surface area contributed by atoms with E-state index in [1.54, 1.807) is 6.92 Å². The fourth-order valence-corrected chi connectivity index (χ4v) is 1.22. The lowest BCUT2D eigenvalue weighted by molar-refractivity contribution is -0.132. The Bertz CT molecular complexity index is 145. The van der Waals surface area contributed by atoms with Gasteiger partial charge in [0.2, 0.25) is 5.91 Å². The van der Waals surface area contributed by atoms with Gasteiger partial charge in [0, 0.05) is 12.6 Å². The van der Waals surface area contributed by atoms with E-state index < -0.39 is 5.38 Å². The van der Waals surface area contributed by atoms with Crippen LogP contribution in [0.1, 0.15) is 34.1 Å². The van der Waals surface area contributed by atoms with Crippen molar-refractivity contribution in [2.75, 3.05) is 6.54 Å². The van der Waals surface area contributed by atoms with Gasteiger partial charge >= 0.3 is 0 Å². The van der Waals surface area contributed by atoms with Gasteiger partial charge in [-0.3, -0.25) is 4.79 Å². The number of amides is 1. The molecule has 1 atom stereocenters. The minimum absolute atomic E-state index is 0.0357. The molecule has 0 N–H and O–H groups in total. The maximum absolute atomic E-state index is 11.5. The third-order valence-electron chi connectivity index (χ3n) is 1.71. The largest absolute Gasteiger partial charge is 0.339 e. The highest BCUT2D eigenvalue weighted by Crippen LogP contribution is 2.06. The SMILES string of the molecule is CCCN(C(=O)C(C)Cl)C(C)C. The summed E-state index contributed by atoms with van der Waals surface area (Å²) in [7, 11) is 0. The molecule has 0 heterocycles. The molecule has 0 aromatic heterocycles. The Labute approximate surface area is 79.9 Å². The summed E-state index contributed by atoms with van der Waals surface area (Å²) in [5.74, 6) is 0.0357. The second-order valence-electron chi connectivity index (χ2n) is 3.24. The van der Waals surface area contributed by atoms with Crippen LogP contribution in [0.2, 0.25) is 0 Å². The molecule has 0 aromatic carbocycles. The zero-order chi connectivity index (χ0) is 9.72. The summed E-state index contributed by atoms with van der Waals surface area (Å²) in [6.45, 7) is 8.59. The number of halogens is 1. The first-order valence-electron chi connectivity index (χ1n) is 4.45. The molecule has 0 saturated carbocycles. The lowest BCUT2D eigenvalue weighted by Crippen LogP contribution is -2.41. The summed E-state index contributed by atoms with van der Waals surface area (Å²) in [4.78, 5) is 13.3. The second kappa shape index (κ2) is 5.41. The van der Waals surface area contributed by atoms with Gasteiger partial charge in [-0.2, -0.15) is 0 Å². The maximum atomic E-state index is 11.5. The fraction of sp³-hybridized carbons (Fsp3) is 0.889. The number of carbonyl (C=O) groups excluding carboxylic acids is 1. The van der Waals surface area contributed by atoms with Crippen LogP contribution in [-0.4, -0.2) is 28.8 Å². The second-order valence-corrected chi connectivity index (χ2v) is 3.90. The standard InChI is InChI=1S/C9H18ClNO/c1-5-6-11(7(2)3)9(12)8(4)10/h7-8H,5-6H2,1-4H3. The molecule has 0 aliphatic carbocycles. The average molecular weight is 192 g/mol. The van der Waals surface area contributed by atoms with Crippen molar-refractivity contribution in [3.63, 3.8) is 0 Å². The third-order valence-corrected chi connectivity index (χ3v) is 1.90. The molecule has 0 rings (SSSR count). The summed E-state index contributed by atoms with van der Waals surface area (Å²) in [5.41, 5.74) is 0. The van der Waals surface area contributed by atoms with E-state index in [1.165, 1.54) is 0 Å². The lowest BCUT2D eigenvalue weighted by Gasteiger charge is -2.27. The van der Waals surface area contributed by atoms with E-state index in [0.29, 0.717) is 0 Å². The number of alkyl halides is 1. The van der Waals surface area contributed by atoms with E-state index in [0.717, 1.165) is 13.0 Å². The molecule has 0 saturated heterocycles. The molecule has 1 unspecified atom stereocenters. The van der Waals surface area contributed by atoms with Crippen molar-refractivity contribution < 1.29 is 4.79 Å². The van der Waals surface area contributed by atoms with Crippen molar-refractivity contribution in [1.82, 2.24) is 4.90 Å². The quantitative estimate of drug-likeness (QED) is 0.625. The van der Waals surface area contributed by atoms with Crippen molar-refractivity contribution >= 4 is 17.5 Å². The minimum Gasteiger partial charge on any atom is -0.339 e. The van der Waals surface area contributed by atoms with Crippen molar-refractivity contribution in [2.24, 2.45) is 0 Å². The van der Waals surface area contributed by atoms with Crippen molar-refractivity contribution in [3.8, 4) is 0 Å². The number of carbonyl (C=O) groups is 1. The third kappa shape index (κ3) is 3.44. The Kier molecular flexibility index (Phi) is 5.31. The molecular formula is C9H18ClNO. The topological polar surface area (TPSA) is 20.3 Å². The average Bonchev–Trinajstić information content (AvgIpc) is 1.98. The van der Waals surface area contributed by atoms with Crippen LogP contribution in [0.4, 0.5) is 0 Å². The Morgan fingerprint density at radius 2 is 1.92 bits per heavy atom. The first-order valence-corrected chi connectivity index (χ1v) is 4.88. The number of rotatable bonds is 4. The molecule has 0 bridgehead atoms. The van der Waals surface area contributed by atoms with Crippen molar-refractivity contribution in [3.05, 3.63) is 0 Å². The monoisotopic (exact) mass is 191 g/mol. The van der Waals surface area contributed by atoms with Gasteiger partial charge in [0.15, 0.2) is 0 Å². The van der Waals surface area contributed by atoms with E-state index in [4.69, 9.17) is 11.6 Å². The molecule has 0 fully saturated rings. The summed E-state index contributed by atoms with van der Waals surface area (Å²) < 4.78 is 0. The van der Waals surface area contributed by atoms with Crippen LogP contribution >= 0.6 is 11.6 Å².